The van der Waals surface area contributed by atoms with Crippen LogP contribution in [-0.2, 0) is 16.6 Å². The maximum Gasteiger partial charge on any atom is 0.241 e. The van der Waals surface area contributed by atoms with Gasteiger partial charge in [-0.3, -0.25) is 0 Å². The van der Waals surface area contributed by atoms with E-state index in [1.807, 2.05) is 0 Å². The molecule has 0 aliphatic heterocycles. The molecule has 1 aromatic rings. The summed E-state index contributed by atoms with van der Waals surface area (Å²) in [7, 11) is -3.49. The summed E-state index contributed by atoms with van der Waals surface area (Å²) < 4.78 is 27.6. The van der Waals surface area contributed by atoms with E-state index in [0.717, 1.165) is 18.7 Å². The van der Waals surface area contributed by atoms with Crippen LogP contribution in [0.15, 0.2) is 27.6 Å². The van der Waals surface area contributed by atoms with Gasteiger partial charge >= 0.3 is 0 Å². The second-order valence-electron chi connectivity index (χ2n) is 4.39. The fourth-order valence-electron chi connectivity index (χ4n) is 1.84. The second kappa shape index (κ2) is 8.09. The van der Waals surface area contributed by atoms with Crippen molar-refractivity contribution in [2.45, 2.75) is 25.3 Å². The Labute approximate surface area is 129 Å². The van der Waals surface area contributed by atoms with Crippen LogP contribution in [0.3, 0.4) is 0 Å². The van der Waals surface area contributed by atoms with Gasteiger partial charge in [0.05, 0.1) is 4.90 Å². The molecule has 7 heteroatoms. The molecule has 114 valence electrons. The third-order valence-corrected chi connectivity index (χ3v) is 5.57. The van der Waals surface area contributed by atoms with Crippen LogP contribution < -0.4 is 10.5 Å². The number of nitrogens with zero attached hydrogens (tertiary/aromatic N) is 1. The molecule has 20 heavy (non-hydrogen) atoms. The molecule has 0 spiro atoms. The first kappa shape index (κ1) is 17.6. The number of likely N-dealkylation sites (N-methyl/N-ethyl adjacent to an activating group) is 1. The second-order valence-corrected chi connectivity index (χ2v) is 6.98. The Balaban J connectivity index is 2.74. The van der Waals surface area contributed by atoms with Crippen molar-refractivity contribution >= 4 is 26.0 Å². The number of hydrogen-bond acceptors (Lipinski definition) is 4. The van der Waals surface area contributed by atoms with E-state index in [-0.39, 0.29) is 4.90 Å². The van der Waals surface area contributed by atoms with Gasteiger partial charge in [0.15, 0.2) is 0 Å². The molecular formula is C13H22BrN3O2S. The number of hydrogen-bond donors (Lipinski definition) is 2. The van der Waals surface area contributed by atoms with Crippen LogP contribution in [0.25, 0.3) is 0 Å². The van der Waals surface area contributed by atoms with Crippen LogP contribution in [0.5, 0.6) is 0 Å². The molecule has 0 aliphatic rings. The van der Waals surface area contributed by atoms with Crippen LogP contribution in [0.4, 0.5) is 0 Å². The first-order valence-corrected chi connectivity index (χ1v) is 8.92. The topological polar surface area (TPSA) is 75.4 Å². The lowest BCUT2D eigenvalue weighted by atomic mass is 10.2. The Bertz CT molecular complexity index is 530. The summed E-state index contributed by atoms with van der Waals surface area (Å²) in [5.41, 5.74) is 6.42. The number of nitrogens with one attached hydrogen (secondary N) is 1. The number of rotatable bonds is 8. The van der Waals surface area contributed by atoms with Gasteiger partial charge in [0, 0.05) is 24.1 Å². The summed E-state index contributed by atoms with van der Waals surface area (Å²) in [6.07, 6.45) is 0. The summed E-state index contributed by atoms with van der Waals surface area (Å²) in [6.45, 7) is 7.41. The van der Waals surface area contributed by atoms with Crippen molar-refractivity contribution < 1.29 is 8.42 Å². The highest BCUT2D eigenvalue weighted by Crippen LogP contribution is 2.22. The number of benzene rings is 1. The number of nitrogens with two attached hydrogens (primary N) is 1. The first-order valence-electron chi connectivity index (χ1n) is 6.65. The van der Waals surface area contributed by atoms with Crippen LogP contribution in [0, 0.1) is 0 Å². The Morgan fingerprint density at radius 2 is 1.95 bits per heavy atom. The highest BCUT2D eigenvalue weighted by molar-refractivity contribution is 9.10. The van der Waals surface area contributed by atoms with Crippen molar-refractivity contribution in [3.05, 3.63) is 28.2 Å². The van der Waals surface area contributed by atoms with Gasteiger partial charge in [0.25, 0.3) is 0 Å². The molecule has 0 atom stereocenters. The molecule has 0 aromatic heterocycles. The van der Waals surface area contributed by atoms with E-state index < -0.39 is 10.0 Å². The quantitative estimate of drug-likeness (QED) is 0.734. The average molecular weight is 364 g/mol. The summed E-state index contributed by atoms with van der Waals surface area (Å²) in [4.78, 5) is 2.41. The molecule has 0 bridgehead atoms. The lowest BCUT2D eigenvalue weighted by Gasteiger charge is -2.18. The van der Waals surface area contributed by atoms with Crippen molar-refractivity contribution in [3.8, 4) is 0 Å². The van der Waals surface area contributed by atoms with Gasteiger partial charge in [-0.25, -0.2) is 13.1 Å². The number of halogens is 1. The minimum atomic E-state index is -3.49. The highest BCUT2D eigenvalue weighted by atomic mass is 79.9. The van der Waals surface area contributed by atoms with Crippen LogP contribution in [0.1, 0.15) is 19.4 Å². The molecule has 3 N–H and O–H groups in total. The SMILES string of the molecule is CCN(CC)CCNS(=O)(=O)c1ccc(CN)cc1Br. The monoisotopic (exact) mass is 363 g/mol. The van der Waals surface area contributed by atoms with E-state index in [1.54, 1.807) is 18.2 Å². The van der Waals surface area contributed by atoms with E-state index in [2.05, 4.69) is 39.4 Å². The van der Waals surface area contributed by atoms with Crippen molar-refractivity contribution in [1.29, 1.82) is 0 Å². The molecule has 0 unspecified atom stereocenters. The lowest BCUT2D eigenvalue weighted by Crippen LogP contribution is -2.34. The van der Waals surface area contributed by atoms with Gasteiger partial charge in [-0.2, -0.15) is 0 Å². The Hall–Kier alpha value is -0.470. The Morgan fingerprint density at radius 3 is 2.45 bits per heavy atom. The Morgan fingerprint density at radius 1 is 1.30 bits per heavy atom. The number of sulfonamides is 1. The highest BCUT2D eigenvalue weighted by Gasteiger charge is 2.17. The summed E-state index contributed by atoms with van der Waals surface area (Å²) in [6, 6.07) is 5.04. The van der Waals surface area contributed by atoms with Gasteiger partial charge in [-0.05, 0) is 46.7 Å². The minimum Gasteiger partial charge on any atom is -0.326 e. The molecule has 0 radical (unpaired) electrons. The van der Waals surface area contributed by atoms with Crippen LogP contribution in [0.2, 0.25) is 0 Å². The van der Waals surface area contributed by atoms with E-state index in [1.165, 1.54) is 0 Å². The van der Waals surface area contributed by atoms with Crippen molar-refractivity contribution in [2.24, 2.45) is 5.73 Å². The molecule has 1 rings (SSSR count). The third kappa shape index (κ3) is 4.82. The van der Waals surface area contributed by atoms with E-state index in [0.29, 0.717) is 24.1 Å². The van der Waals surface area contributed by atoms with Crippen LogP contribution >= 0.6 is 15.9 Å². The summed E-state index contributed by atoms with van der Waals surface area (Å²) >= 11 is 3.29. The van der Waals surface area contributed by atoms with Gasteiger partial charge in [0.2, 0.25) is 10.0 Å². The minimum absolute atomic E-state index is 0.245. The van der Waals surface area contributed by atoms with Gasteiger partial charge < -0.3 is 10.6 Å². The molecule has 0 aliphatic carbocycles. The third-order valence-electron chi connectivity index (χ3n) is 3.14. The van der Waals surface area contributed by atoms with E-state index in [4.69, 9.17) is 5.73 Å². The van der Waals surface area contributed by atoms with Crippen LogP contribution in [-0.4, -0.2) is 39.5 Å². The fraction of sp³-hybridized carbons (Fsp3) is 0.538. The predicted octanol–water partition coefficient (Wildman–Crippen LogP) is 1.53. The van der Waals surface area contributed by atoms with E-state index in [9.17, 15) is 8.42 Å². The molecule has 5 nitrogen and oxygen atoms in total. The van der Waals surface area contributed by atoms with Crippen molar-refractivity contribution in [2.75, 3.05) is 26.2 Å². The maximum absolute atomic E-state index is 12.2. The smallest absolute Gasteiger partial charge is 0.241 e. The zero-order valence-corrected chi connectivity index (χ0v) is 14.3. The molecular weight excluding hydrogens is 342 g/mol. The lowest BCUT2D eigenvalue weighted by molar-refractivity contribution is 0.309. The molecule has 0 saturated carbocycles. The largest absolute Gasteiger partial charge is 0.326 e. The molecule has 0 amide bonds. The first-order chi connectivity index (χ1) is 9.44. The molecule has 0 fully saturated rings. The molecule has 1 aromatic carbocycles. The van der Waals surface area contributed by atoms with E-state index >= 15 is 0 Å². The predicted molar refractivity (Wildman–Crippen MR) is 85.0 cm³/mol. The fourth-order valence-corrected chi connectivity index (χ4v) is 3.99. The average Bonchev–Trinajstić information content (AvgIpc) is 2.43. The van der Waals surface area contributed by atoms with Crippen molar-refractivity contribution in [1.82, 2.24) is 9.62 Å². The maximum atomic E-state index is 12.2. The normalized spacial score (nSPS) is 12.1. The molecule has 0 heterocycles. The zero-order valence-electron chi connectivity index (χ0n) is 11.9. The van der Waals surface area contributed by atoms with Crippen molar-refractivity contribution in [3.63, 3.8) is 0 Å². The molecule has 0 saturated heterocycles. The zero-order chi connectivity index (χ0) is 15.2. The summed E-state index contributed by atoms with van der Waals surface area (Å²) in [5.74, 6) is 0. The Kier molecular flexibility index (Phi) is 7.11. The standard InChI is InChI=1S/C13H22BrN3O2S/c1-3-17(4-2)8-7-16-20(18,19)13-6-5-11(10-15)9-12(13)14/h5-6,9,16H,3-4,7-8,10,15H2,1-2H3. The van der Waals surface area contributed by atoms with Gasteiger partial charge in [-0.1, -0.05) is 19.9 Å². The van der Waals surface area contributed by atoms with Gasteiger partial charge in [-0.15, -0.1) is 0 Å². The summed E-state index contributed by atoms with van der Waals surface area (Å²) in [5, 5.41) is 0. The van der Waals surface area contributed by atoms with Gasteiger partial charge in [0.1, 0.15) is 0 Å².